The fourth-order valence-corrected chi connectivity index (χ4v) is 2.75. The molecule has 1 aromatic carbocycles. The van der Waals surface area contributed by atoms with Gasteiger partial charge in [0.25, 0.3) is 11.8 Å². The number of hydrogen-bond donors (Lipinski definition) is 1. The molecule has 0 spiro atoms. The minimum absolute atomic E-state index is 0.0656. The van der Waals surface area contributed by atoms with Crippen LogP contribution >= 0.6 is 0 Å². The molecule has 1 aliphatic rings. The number of carbonyl (C=O) groups excluding carboxylic acids is 2. The molecule has 0 saturated heterocycles. The quantitative estimate of drug-likeness (QED) is 0.776. The van der Waals surface area contributed by atoms with Gasteiger partial charge in [0.15, 0.2) is 0 Å². The van der Waals surface area contributed by atoms with Gasteiger partial charge < -0.3 is 9.84 Å². The number of carboxylic acids is 1. The molecule has 2 rings (SSSR count). The first-order valence-corrected chi connectivity index (χ1v) is 7.95. The maximum absolute atomic E-state index is 12.6. The Bertz CT molecular complexity index is 647. The highest BCUT2D eigenvalue weighted by Crippen LogP contribution is 2.31. The molecule has 1 aliphatic heterocycles. The highest BCUT2D eigenvalue weighted by molar-refractivity contribution is 6.21. The predicted molar refractivity (Wildman–Crippen MR) is 87.9 cm³/mol. The van der Waals surface area contributed by atoms with Gasteiger partial charge in [0.05, 0.1) is 35.3 Å². The number of rotatable bonds is 7. The molecule has 0 aromatic heterocycles. The van der Waals surface area contributed by atoms with Crippen LogP contribution in [-0.4, -0.2) is 45.5 Å². The number of imide groups is 1. The molecule has 2 amide bonds. The number of fused-ring (bicyclic) bond motifs is 1. The number of benzene rings is 1. The Morgan fingerprint density at radius 1 is 1.12 bits per heavy atom. The van der Waals surface area contributed by atoms with E-state index >= 15 is 0 Å². The Balaban J connectivity index is 2.18. The van der Waals surface area contributed by atoms with Crippen molar-refractivity contribution in [3.05, 3.63) is 35.4 Å². The van der Waals surface area contributed by atoms with E-state index in [1.54, 1.807) is 45.0 Å². The zero-order valence-electron chi connectivity index (χ0n) is 14.5. The molecule has 1 unspecified atom stereocenters. The van der Waals surface area contributed by atoms with Crippen LogP contribution in [0.3, 0.4) is 0 Å². The molecular weight excluding hydrogens is 310 g/mol. The van der Waals surface area contributed by atoms with E-state index in [2.05, 4.69) is 0 Å². The van der Waals surface area contributed by atoms with Gasteiger partial charge >= 0.3 is 5.97 Å². The number of hydrogen-bond acceptors (Lipinski definition) is 4. The molecule has 0 bridgehead atoms. The SMILES string of the molecule is CCC(C)(CC(=O)O)OCC(C)(C)N1C(=O)c2ccccc2C1=O. The van der Waals surface area contributed by atoms with Crippen LogP contribution in [0.1, 0.15) is 61.3 Å². The zero-order chi connectivity index (χ0) is 18.1. The van der Waals surface area contributed by atoms with Gasteiger partial charge in [-0.05, 0) is 39.3 Å². The molecule has 1 heterocycles. The second-order valence-corrected chi connectivity index (χ2v) is 6.97. The van der Waals surface area contributed by atoms with E-state index in [-0.39, 0.29) is 24.8 Å². The lowest BCUT2D eigenvalue weighted by molar-refractivity contribution is -0.147. The molecule has 130 valence electrons. The van der Waals surface area contributed by atoms with Gasteiger partial charge in [0, 0.05) is 0 Å². The van der Waals surface area contributed by atoms with Crippen molar-refractivity contribution in [3.63, 3.8) is 0 Å². The minimum Gasteiger partial charge on any atom is -0.481 e. The van der Waals surface area contributed by atoms with Crippen molar-refractivity contribution >= 4 is 17.8 Å². The summed E-state index contributed by atoms with van der Waals surface area (Å²) in [5.41, 5.74) is -0.956. The highest BCUT2D eigenvalue weighted by Gasteiger charge is 2.45. The molecule has 1 N–H and O–H groups in total. The van der Waals surface area contributed by atoms with Gasteiger partial charge in [-0.25, -0.2) is 0 Å². The fraction of sp³-hybridized carbons (Fsp3) is 0.500. The monoisotopic (exact) mass is 333 g/mol. The topological polar surface area (TPSA) is 83.9 Å². The number of nitrogens with zero attached hydrogens (tertiary/aromatic N) is 1. The Morgan fingerprint density at radius 3 is 2.04 bits per heavy atom. The Hall–Kier alpha value is -2.21. The summed E-state index contributed by atoms with van der Waals surface area (Å²) in [6, 6.07) is 6.70. The van der Waals surface area contributed by atoms with Crippen LogP contribution in [-0.2, 0) is 9.53 Å². The lowest BCUT2D eigenvalue weighted by Gasteiger charge is -2.37. The van der Waals surface area contributed by atoms with Crippen LogP contribution in [0, 0.1) is 0 Å². The van der Waals surface area contributed by atoms with Gasteiger partial charge in [-0.1, -0.05) is 19.1 Å². The lowest BCUT2D eigenvalue weighted by Crippen LogP contribution is -2.52. The molecule has 0 fully saturated rings. The summed E-state index contributed by atoms with van der Waals surface area (Å²) in [5.74, 6) is -1.64. The number of aliphatic carboxylic acids is 1. The zero-order valence-corrected chi connectivity index (χ0v) is 14.5. The average Bonchev–Trinajstić information content (AvgIpc) is 2.77. The first-order valence-electron chi connectivity index (χ1n) is 7.95. The molecular formula is C18H23NO5. The van der Waals surface area contributed by atoms with Crippen molar-refractivity contribution in [2.75, 3.05) is 6.61 Å². The summed E-state index contributed by atoms with van der Waals surface area (Å²) < 4.78 is 5.84. The Morgan fingerprint density at radius 2 is 1.62 bits per heavy atom. The first kappa shape index (κ1) is 18.1. The second-order valence-electron chi connectivity index (χ2n) is 6.97. The minimum atomic E-state index is -0.946. The van der Waals surface area contributed by atoms with Crippen LogP contribution < -0.4 is 0 Å². The smallest absolute Gasteiger partial charge is 0.306 e. The van der Waals surface area contributed by atoms with Gasteiger partial charge in [-0.2, -0.15) is 0 Å². The maximum atomic E-state index is 12.6. The van der Waals surface area contributed by atoms with Gasteiger partial charge in [-0.3, -0.25) is 19.3 Å². The molecule has 0 saturated carbocycles. The summed E-state index contributed by atoms with van der Waals surface area (Å²) >= 11 is 0. The summed E-state index contributed by atoms with van der Waals surface area (Å²) in [6.07, 6.45) is 0.374. The van der Waals surface area contributed by atoms with Gasteiger partial charge in [0.1, 0.15) is 0 Å². The Labute approximate surface area is 141 Å². The highest BCUT2D eigenvalue weighted by atomic mass is 16.5. The molecule has 0 aliphatic carbocycles. The van der Waals surface area contributed by atoms with Gasteiger partial charge in [0.2, 0.25) is 0 Å². The Kier molecular flexibility index (Phi) is 4.80. The molecule has 1 aromatic rings. The van der Waals surface area contributed by atoms with E-state index in [1.165, 1.54) is 4.90 Å². The first-order chi connectivity index (χ1) is 11.1. The summed E-state index contributed by atoms with van der Waals surface area (Å²) in [4.78, 5) is 37.4. The van der Waals surface area contributed by atoms with Crippen molar-refractivity contribution in [2.24, 2.45) is 0 Å². The van der Waals surface area contributed by atoms with Crippen LogP contribution in [0.2, 0.25) is 0 Å². The third kappa shape index (κ3) is 3.33. The van der Waals surface area contributed by atoms with E-state index in [0.717, 1.165) is 0 Å². The van der Waals surface area contributed by atoms with Crippen LogP contribution in [0.5, 0.6) is 0 Å². The number of carboxylic acid groups (broad SMARTS) is 1. The molecule has 6 nitrogen and oxygen atoms in total. The van der Waals surface area contributed by atoms with Gasteiger partial charge in [-0.15, -0.1) is 0 Å². The fourth-order valence-electron chi connectivity index (χ4n) is 2.75. The standard InChI is InChI=1S/C18H23NO5/c1-5-18(4,10-14(20)21)24-11-17(2,3)19-15(22)12-8-6-7-9-13(12)16(19)23/h6-9H,5,10-11H2,1-4H3,(H,20,21). The van der Waals surface area contributed by atoms with E-state index in [4.69, 9.17) is 9.84 Å². The van der Waals surface area contributed by atoms with E-state index < -0.39 is 17.1 Å². The molecule has 6 heteroatoms. The molecule has 1 atom stereocenters. The average molecular weight is 333 g/mol. The van der Waals surface area contributed by atoms with Crippen LogP contribution in [0.4, 0.5) is 0 Å². The van der Waals surface area contributed by atoms with Crippen molar-refractivity contribution in [1.29, 1.82) is 0 Å². The summed E-state index contributed by atoms with van der Waals surface area (Å²) in [6.45, 7) is 7.12. The van der Waals surface area contributed by atoms with Crippen LogP contribution in [0.25, 0.3) is 0 Å². The largest absolute Gasteiger partial charge is 0.481 e. The third-order valence-corrected chi connectivity index (χ3v) is 4.45. The van der Waals surface area contributed by atoms with E-state index in [1.807, 2.05) is 6.92 Å². The molecule has 0 radical (unpaired) electrons. The van der Waals surface area contributed by atoms with Crippen LogP contribution in [0.15, 0.2) is 24.3 Å². The molecule has 24 heavy (non-hydrogen) atoms. The lowest BCUT2D eigenvalue weighted by atomic mass is 9.97. The third-order valence-electron chi connectivity index (χ3n) is 4.45. The number of amides is 2. The van der Waals surface area contributed by atoms with Crippen molar-refractivity contribution in [1.82, 2.24) is 4.90 Å². The van der Waals surface area contributed by atoms with Crippen molar-refractivity contribution in [3.8, 4) is 0 Å². The van der Waals surface area contributed by atoms with E-state index in [9.17, 15) is 14.4 Å². The normalized spacial score (nSPS) is 16.9. The van der Waals surface area contributed by atoms with E-state index in [0.29, 0.717) is 17.5 Å². The predicted octanol–water partition coefficient (Wildman–Crippen LogP) is 2.72. The summed E-state index contributed by atoms with van der Waals surface area (Å²) in [7, 11) is 0. The second kappa shape index (κ2) is 6.36. The van der Waals surface area contributed by atoms with Crippen molar-refractivity contribution < 1.29 is 24.2 Å². The van der Waals surface area contributed by atoms with Crippen molar-refractivity contribution in [2.45, 2.75) is 51.7 Å². The number of ether oxygens (including phenoxy) is 1. The number of carbonyl (C=O) groups is 3. The summed E-state index contributed by atoms with van der Waals surface area (Å²) in [5, 5.41) is 9.02. The maximum Gasteiger partial charge on any atom is 0.306 e.